The van der Waals surface area contributed by atoms with Gasteiger partial charge in [0.05, 0.1) is 7.11 Å². The van der Waals surface area contributed by atoms with E-state index in [0.717, 1.165) is 23.6 Å². The molecule has 0 amide bonds. The van der Waals surface area contributed by atoms with Crippen LogP contribution in [0, 0.1) is 0 Å². The van der Waals surface area contributed by atoms with E-state index in [1.807, 2.05) is 32.2 Å². The van der Waals surface area contributed by atoms with E-state index >= 15 is 0 Å². The van der Waals surface area contributed by atoms with Gasteiger partial charge in [-0.15, -0.1) is 0 Å². The minimum absolute atomic E-state index is 0.0353. The lowest BCUT2D eigenvalue weighted by molar-refractivity contribution is 0.251. The van der Waals surface area contributed by atoms with Crippen molar-refractivity contribution in [3.63, 3.8) is 0 Å². The Morgan fingerprint density at radius 2 is 2.25 bits per heavy atom. The predicted molar refractivity (Wildman–Crippen MR) is 66.0 cm³/mol. The summed E-state index contributed by atoms with van der Waals surface area (Å²) in [6, 6.07) is 5.87. The van der Waals surface area contributed by atoms with E-state index in [2.05, 4.69) is 11.9 Å². The second kappa shape index (κ2) is 6.18. The van der Waals surface area contributed by atoms with Gasteiger partial charge in [0.1, 0.15) is 6.10 Å². The summed E-state index contributed by atoms with van der Waals surface area (Å²) in [5.74, 6) is 1.54. The van der Waals surface area contributed by atoms with Crippen LogP contribution in [0.2, 0.25) is 0 Å². The molecule has 88 valence electrons. The van der Waals surface area contributed by atoms with Crippen LogP contribution in [-0.2, 0) is 6.54 Å². The Labute approximate surface area is 97.1 Å². The van der Waals surface area contributed by atoms with Crippen LogP contribution < -0.4 is 14.8 Å². The van der Waals surface area contributed by atoms with Gasteiger partial charge in [-0.2, -0.15) is 0 Å². The molecule has 1 atom stereocenters. The molecule has 0 aliphatic heterocycles. The first kappa shape index (κ1) is 12.6. The molecule has 3 heteroatoms. The molecule has 1 N–H and O–H groups in total. The van der Waals surface area contributed by atoms with Crippen LogP contribution in [0.3, 0.4) is 0 Å². The first-order valence-corrected chi connectivity index (χ1v) is 5.32. The summed E-state index contributed by atoms with van der Waals surface area (Å²) in [4.78, 5) is 0. The summed E-state index contributed by atoms with van der Waals surface area (Å²) in [5, 5.41) is 3.11. The monoisotopic (exact) mass is 221 g/mol. The van der Waals surface area contributed by atoms with Crippen molar-refractivity contribution in [1.29, 1.82) is 0 Å². The molecular formula is C13H19NO2. The number of ether oxygens (including phenoxy) is 2. The lowest BCUT2D eigenvalue weighted by atomic mass is 10.2. The number of para-hydroxylation sites is 1. The SMILES string of the molecule is C=CC(C)Oc1c(CNC)cccc1OC. The van der Waals surface area contributed by atoms with Crippen molar-refractivity contribution in [2.45, 2.75) is 19.6 Å². The molecule has 0 saturated heterocycles. The second-order valence-corrected chi connectivity index (χ2v) is 3.54. The number of hydrogen-bond donors (Lipinski definition) is 1. The molecule has 0 heterocycles. The third-order valence-corrected chi connectivity index (χ3v) is 2.28. The molecule has 0 saturated carbocycles. The molecule has 1 unspecified atom stereocenters. The molecule has 0 bridgehead atoms. The molecule has 0 fully saturated rings. The van der Waals surface area contributed by atoms with Crippen molar-refractivity contribution in [2.24, 2.45) is 0 Å². The Morgan fingerprint density at radius 3 is 2.81 bits per heavy atom. The maximum atomic E-state index is 5.79. The highest BCUT2D eigenvalue weighted by atomic mass is 16.5. The fourth-order valence-corrected chi connectivity index (χ4v) is 1.42. The van der Waals surface area contributed by atoms with Gasteiger partial charge in [0, 0.05) is 12.1 Å². The van der Waals surface area contributed by atoms with E-state index in [4.69, 9.17) is 9.47 Å². The number of rotatable bonds is 6. The van der Waals surface area contributed by atoms with Crippen LogP contribution >= 0.6 is 0 Å². The second-order valence-electron chi connectivity index (χ2n) is 3.54. The fraction of sp³-hybridized carbons (Fsp3) is 0.385. The molecule has 3 nitrogen and oxygen atoms in total. The van der Waals surface area contributed by atoms with E-state index in [9.17, 15) is 0 Å². The van der Waals surface area contributed by atoms with Crippen LogP contribution in [0.15, 0.2) is 30.9 Å². The number of nitrogens with one attached hydrogen (secondary N) is 1. The molecule has 1 aromatic rings. The highest BCUT2D eigenvalue weighted by Crippen LogP contribution is 2.31. The van der Waals surface area contributed by atoms with Crippen molar-refractivity contribution >= 4 is 0 Å². The van der Waals surface area contributed by atoms with Gasteiger partial charge >= 0.3 is 0 Å². The smallest absolute Gasteiger partial charge is 0.166 e. The normalized spacial score (nSPS) is 11.9. The van der Waals surface area contributed by atoms with Crippen molar-refractivity contribution in [2.75, 3.05) is 14.2 Å². The zero-order valence-corrected chi connectivity index (χ0v) is 10.1. The van der Waals surface area contributed by atoms with Gasteiger partial charge in [-0.25, -0.2) is 0 Å². The zero-order valence-electron chi connectivity index (χ0n) is 10.1. The lowest BCUT2D eigenvalue weighted by Crippen LogP contribution is -2.13. The number of benzene rings is 1. The van der Waals surface area contributed by atoms with Crippen molar-refractivity contribution in [3.05, 3.63) is 36.4 Å². The predicted octanol–water partition coefficient (Wildman–Crippen LogP) is 2.37. The standard InChI is InChI=1S/C13H19NO2/c1-5-10(2)16-13-11(9-14-3)7-6-8-12(13)15-4/h5-8,10,14H,1,9H2,2-4H3. The molecule has 1 rings (SSSR count). The van der Waals surface area contributed by atoms with Crippen LogP contribution in [-0.4, -0.2) is 20.3 Å². The summed E-state index contributed by atoms with van der Waals surface area (Å²) in [6.45, 7) is 6.40. The Morgan fingerprint density at radius 1 is 1.50 bits per heavy atom. The van der Waals surface area contributed by atoms with Crippen LogP contribution in [0.5, 0.6) is 11.5 Å². The van der Waals surface area contributed by atoms with Gasteiger partial charge in [0.15, 0.2) is 11.5 Å². The van der Waals surface area contributed by atoms with Crippen molar-refractivity contribution < 1.29 is 9.47 Å². The zero-order chi connectivity index (χ0) is 12.0. The summed E-state index contributed by atoms with van der Waals surface area (Å²) in [7, 11) is 3.55. The minimum atomic E-state index is -0.0353. The molecule has 1 aromatic carbocycles. The van der Waals surface area contributed by atoms with Gasteiger partial charge < -0.3 is 14.8 Å². The van der Waals surface area contributed by atoms with Gasteiger partial charge in [0.25, 0.3) is 0 Å². The summed E-state index contributed by atoms with van der Waals surface area (Å²) < 4.78 is 11.1. The topological polar surface area (TPSA) is 30.5 Å². The third kappa shape index (κ3) is 3.00. The Hall–Kier alpha value is -1.48. The van der Waals surface area contributed by atoms with Gasteiger partial charge in [0.2, 0.25) is 0 Å². The summed E-state index contributed by atoms with van der Waals surface area (Å²) >= 11 is 0. The van der Waals surface area contributed by atoms with Gasteiger partial charge in [-0.3, -0.25) is 0 Å². The first-order valence-electron chi connectivity index (χ1n) is 5.32. The quantitative estimate of drug-likeness (QED) is 0.748. The van der Waals surface area contributed by atoms with Gasteiger partial charge in [-0.1, -0.05) is 24.8 Å². The maximum Gasteiger partial charge on any atom is 0.166 e. The van der Waals surface area contributed by atoms with Gasteiger partial charge in [-0.05, 0) is 20.0 Å². The van der Waals surface area contributed by atoms with Crippen molar-refractivity contribution in [3.8, 4) is 11.5 Å². The van der Waals surface area contributed by atoms with E-state index in [0.29, 0.717) is 0 Å². The molecular weight excluding hydrogens is 202 g/mol. The van der Waals surface area contributed by atoms with Crippen molar-refractivity contribution in [1.82, 2.24) is 5.32 Å². The Balaban J connectivity index is 3.03. The molecule has 0 spiro atoms. The molecule has 0 aliphatic carbocycles. The first-order chi connectivity index (χ1) is 7.72. The minimum Gasteiger partial charge on any atom is -0.493 e. The maximum absolute atomic E-state index is 5.79. The Bertz CT molecular complexity index is 350. The largest absolute Gasteiger partial charge is 0.493 e. The summed E-state index contributed by atoms with van der Waals surface area (Å²) in [6.07, 6.45) is 1.72. The Kier molecular flexibility index (Phi) is 4.86. The lowest BCUT2D eigenvalue weighted by Gasteiger charge is -2.17. The van der Waals surface area contributed by atoms with E-state index < -0.39 is 0 Å². The summed E-state index contributed by atoms with van der Waals surface area (Å²) in [5.41, 5.74) is 1.08. The molecule has 0 aromatic heterocycles. The molecule has 0 aliphatic rings. The molecule has 0 radical (unpaired) electrons. The van der Waals surface area contributed by atoms with E-state index in [1.165, 1.54) is 0 Å². The van der Waals surface area contributed by atoms with E-state index in [-0.39, 0.29) is 6.10 Å². The third-order valence-electron chi connectivity index (χ3n) is 2.28. The van der Waals surface area contributed by atoms with Crippen LogP contribution in [0.25, 0.3) is 0 Å². The fourth-order valence-electron chi connectivity index (χ4n) is 1.42. The average molecular weight is 221 g/mol. The number of methoxy groups -OCH3 is 1. The van der Waals surface area contributed by atoms with Crippen LogP contribution in [0.1, 0.15) is 12.5 Å². The van der Waals surface area contributed by atoms with Crippen LogP contribution in [0.4, 0.5) is 0 Å². The number of hydrogen-bond acceptors (Lipinski definition) is 3. The van der Waals surface area contributed by atoms with E-state index in [1.54, 1.807) is 13.2 Å². The average Bonchev–Trinajstić information content (AvgIpc) is 2.31. The highest BCUT2D eigenvalue weighted by Gasteiger charge is 2.11. The highest BCUT2D eigenvalue weighted by molar-refractivity contribution is 5.46. The molecule has 16 heavy (non-hydrogen) atoms.